The van der Waals surface area contributed by atoms with Gasteiger partial charge in [-0.1, -0.05) is 24.3 Å². The van der Waals surface area contributed by atoms with Crippen molar-refractivity contribution in [3.8, 4) is 0 Å². The third-order valence-electron chi connectivity index (χ3n) is 3.87. The minimum atomic E-state index is 0.477. The predicted molar refractivity (Wildman–Crippen MR) is 73.1 cm³/mol. The molecule has 1 aliphatic rings. The van der Waals surface area contributed by atoms with Crippen molar-refractivity contribution in [2.75, 3.05) is 20.1 Å². The highest BCUT2D eigenvalue weighted by molar-refractivity contribution is 5.25. The number of aryl methyl sites for hydroxylation is 1. The zero-order valence-electron chi connectivity index (χ0n) is 11.0. The molecule has 2 nitrogen and oxygen atoms in total. The van der Waals surface area contributed by atoms with E-state index in [1.54, 1.807) is 0 Å². The molecular weight excluding hydrogens is 208 g/mol. The SMILES string of the molecule is Cc1ccccc1CCN(C)CC1CC(N)C1. The molecule has 1 aromatic carbocycles. The third-order valence-corrected chi connectivity index (χ3v) is 3.87. The van der Waals surface area contributed by atoms with E-state index in [1.165, 1.54) is 30.5 Å². The van der Waals surface area contributed by atoms with Crippen molar-refractivity contribution in [2.24, 2.45) is 11.7 Å². The molecule has 2 N–H and O–H groups in total. The average molecular weight is 232 g/mol. The van der Waals surface area contributed by atoms with E-state index in [9.17, 15) is 0 Å². The van der Waals surface area contributed by atoms with Crippen LogP contribution in [0.5, 0.6) is 0 Å². The lowest BCUT2D eigenvalue weighted by Gasteiger charge is -2.35. The van der Waals surface area contributed by atoms with E-state index in [-0.39, 0.29) is 0 Å². The summed E-state index contributed by atoms with van der Waals surface area (Å²) in [5.41, 5.74) is 8.70. The van der Waals surface area contributed by atoms with E-state index in [0.29, 0.717) is 6.04 Å². The molecule has 0 amide bonds. The molecule has 94 valence electrons. The monoisotopic (exact) mass is 232 g/mol. The van der Waals surface area contributed by atoms with Crippen LogP contribution in [-0.4, -0.2) is 31.1 Å². The number of hydrogen-bond acceptors (Lipinski definition) is 2. The van der Waals surface area contributed by atoms with Gasteiger partial charge in [0.1, 0.15) is 0 Å². The molecule has 0 radical (unpaired) electrons. The van der Waals surface area contributed by atoms with Gasteiger partial charge in [0.15, 0.2) is 0 Å². The van der Waals surface area contributed by atoms with Crippen LogP contribution in [0.1, 0.15) is 24.0 Å². The minimum Gasteiger partial charge on any atom is -0.328 e. The average Bonchev–Trinajstić information content (AvgIpc) is 2.26. The van der Waals surface area contributed by atoms with Crippen LogP contribution in [0.15, 0.2) is 24.3 Å². The second-order valence-electron chi connectivity index (χ2n) is 5.54. The number of nitrogens with zero attached hydrogens (tertiary/aromatic N) is 1. The predicted octanol–water partition coefficient (Wildman–Crippen LogP) is 2.21. The van der Waals surface area contributed by atoms with Crippen LogP contribution < -0.4 is 5.73 Å². The Morgan fingerprint density at radius 1 is 1.29 bits per heavy atom. The van der Waals surface area contributed by atoms with E-state index in [1.807, 2.05) is 0 Å². The lowest BCUT2D eigenvalue weighted by Crippen LogP contribution is -2.42. The van der Waals surface area contributed by atoms with Crippen LogP contribution in [0, 0.1) is 12.8 Å². The quantitative estimate of drug-likeness (QED) is 0.843. The molecule has 0 atom stereocenters. The van der Waals surface area contributed by atoms with Gasteiger partial charge in [-0.2, -0.15) is 0 Å². The summed E-state index contributed by atoms with van der Waals surface area (Å²) in [6.07, 6.45) is 3.59. The molecule has 0 bridgehead atoms. The zero-order valence-corrected chi connectivity index (χ0v) is 11.0. The first-order valence-corrected chi connectivity index (χ1v) is 6.64. The van der Waals surface area contributed by atoms with E-state index >= 15 is 0 Å². The number of hydrogen-bond donors (Lipinski definition) is 1. The summed E-state index contributed by atoms with van der Waals surface area (Å²) in [5.74, 6) is 0.840. The summed E-state index contributed by atoms with van der Waals surface area (Å²) in [4.78, 5) is 2.45. The summed E-state index contributed by atoms with van der Waals surface area (Å²) in [7, 11) is 2.22. The Morgan fingerprint density at radius 3 is 2.65 bits per heavy atom. The molecule has 1 fully saturated rings. The van der Waals surface area contributed by atoms with Crippen LogP contribution in [0.4, 0.5) is 0 Å². The van der Waals surface area contributed by atoms with Crippen molar-refractivity contribution in [2.45, 2.75) is 32.2 Å². The normalized spacial score (nSPS) is 23.8. The molecule has 0 aromatic heterocycles. The summed E-state index contributed by atoms with van der Waals surface area (Å²) >= 11 is 0. The Morgan fingerprint density at radius 2 is 2.00 bits per heavy atom. The van der Waals surface area contributed by atoms with Gasteiger partial charge < -0.3 is 10.6 Å². The summed E-state index contributed by atoms with van der Waals surface area (Å²) in [6.45, 7) is 4.55. The maximum Gasteiger partial charge on any atom is 0.00450 e. The second kappa shape index (κ2) is 5.65. The van der Waals surface area contributed by atoms with E-state index in [4.69, 9.17) is 5.73 Å². The molecule has 1 aliphatic carbocycles. The molecule has 0 aliphatic heterocycles. The van der Waals surface area contributed by atoms with Crippen LogP contribution in [-0.2, 0) is 6.42 Å². The molecule has 1 aromatic rings. The van der Waals surface area contributed by atoms with Crippen molar-refractivity contribution in [3.05, 3.63) is 35.4 Å². The molecule has 1 saturated carbocycles. The van der Waals surface area contributed by atoms with Crippen molar-refractivity contribution in [3.63, 3.8) is 0 Å². The van der Waals surface area contributed by atoms with Crippen LogP contribution in [0.3, 0.4) is 0 Å². The van der Waals surface area contributed by atoms with Crippen molar-refractivity contribution >= 4 is 0 Å². The largest absolute Gasteiger partial charge is 0.328 e. The smallest absolute Gasteiger partial charge is 0.00450 e. The van der Waals surface area contributed by atoms with Gasteiger partial charge in [-0.15, -0.1) is 0 Å². The fourth-order valence-corrected chi connectivity index (χ4v) is 2.67. The lowest BCUT2D eigenvalue weighted by molar-refractivity contribution is 0.183. The fraction of sp³-hybridized carbons (Fsp3) is 0.600. The molecular formula is C15H24N2. The standard InChI is InChI=1S/C15H24N2/c1-12-5-3-4-6-14(12)7-8-17(2)11-13-9-15(16)10-13/h3-6,13,15H,7-11,16H2,1-2H3. The molecule has 0 unspecified atom stereocenters. The van der Waals surface area contributed by atoms with Crippen LogP contribution >= 0.6 is 0 Å². The van der Waals surface area contributed by atoms with Crippen LogP contribution in [0.2, 0.25) is 0 Å². The van der Waals surface area contributed by atoms with Gasteiger partial charge in [-0.3, -0.25) is 0 Å². The highest BCUT2D eigenvalue weighted by atomic mass is 15.1. The number of nitrogens with two attached hydrogens (primary N) is 1. The van der Waals surface area contributed by atoms with Gasteiger partial charge >= 0.3 is 0 Å². The lowest BCUT2D eigenvalue weighted by atomic mass is 9.80. The topological polar surface area (TPSA) is 29.3 Å². The molecule has 0 heterocycles. The maximum atomic E-state index is 5.81. The van der Waals surface area contributed by atoms with Gasteiger partial charge in [-0.25, -0.2) is 0 Å². The molecule has 17 heavy (non-hydrogen) atoms. The van der Waals surface area contributed by atoms with Gasteiger partial charge in [0.25, 0.3) is 0 Å². The van der Waals surface area contributed by atoms with Gasteiger partial charge in [-0.05, 0) is 50.3 Å². The zero-order chi connectivity index (χ0) is 12.3. The summed E-state index contributed by atoms with van der Waals surface area (Å²) in [5, 5.41) is 0. The number of rotatable bonds is 5. The maximum absolute atomic E-state index is 5.81. The number of likely N-dealkylation sites (N-methyl/N-ethyl adjacent to an activating group) is 1. The first-order valence-electron chi connectivity index (χ1n) is 6.64. The van der Waals surface area contributed by atoms with Crippen molar-refractivity contribution in [1.82, 2.24) is 4.90 Å². The number of benzene rings is 1. The van der Waals surface area contributed by atoms with Crippen molar-refractivity contribution < 1.29 is 0 Å². The van der Waals surface area contributed by atoms with Crippen molar-refractivity contribution in [1.29, 1.82) is 0 Å². The Balaban J connectivity index is 1.72. The Kier molecular flexibility index (Phi) is 4.19. The third kappa shape index (κ3) is 3.55. The van der Waals surface area contributed by atoms with E-state index in [0.717, 1.165) is 18.9 Å². The molecule has 0 spiro atoms. The fourth-order valence-electron chi connectivity index (χ4n) is 2.67. The summed E-state index contributed by atoms with van der Waals surface area (Å²) < 4.78 is 0. The second-order valence-corrected chi connectivity index (χ2v) is 5.54. The van der Waals surface area contributed by atoms with E-state index < -0.39 is 0 Å². The highest BCUT2D eigenvalue weighted by Gasteiger charge is 2.26. The Labute approximate surface area is 105 Å². The van der Waals surface area contributed by atoms with Crippen LogP contribution in [0.25, 0.3) is 0 Å². The first-order chi connectivity index (χ1) is 8.15. The summed E-state index contributed by atoms with van der Waals surface area (Å²) in [6, 6.07) is 9.15. The Bertz CT molecular complexity index is 356. The molecule has 0 saturated heterocycles. The first kappa shape index (κ1) is 12.6. The highest BCUT2D eigenvalue weighted by Crippen LogP contribution is 2.26. The van der Waals surface area contributed by atoms with Gasteiger partial charge in [0, 0.05) is 19.1 Å². The van der Waals surface area contributed by atoms with Gasteiger partial charge in [0.2, 0.25) is 0 Å². The van der Waals surface area contributed by atoms with E-state index in [2.05, 4.69) is 43.1 Å². The molecule has 2 rings (SSSR count). The Hall–Kier alpha value is -0.860. The van der Waals surface area contributed by atoms with Gasteiger partial charge in [0.05, 0.1) is 0 Å². The molecule has 2 heteroatoms. The minimum absolute atomic E-state index is 0.477.